The number of aliphatic hydroxyl groups excluding tert-OH is 1. The summed E-state index contributed by atoms with van der Waals surface area (Å²) in [5.74, 6) is -3.54. The van der Waals surface area contributed by atoms with Gasteiger partial charge in [0.15, 0.2) is 0 Å². The smallest absolute Gasteiger partial charge is 0.451 e. The van der Waals surface area contributed by atoms with Crippen LogP contribution < -0.4 is 0 Å². The van der Waals surface area contributed by atoms with Crippen LogP contribution in [-0.2, 0) is 9.53 Å². The van der Waals surface area contributed by atoms with Gasteiger partial charge in [0, 0.05) is 0 Å². The van der Waals surface area contributed by atoms with Crippen LogP contribution in [0.4, 0.5) is 18.9 Å². The van der Waals surface area contributed by atoms with Gasteiger partial charge in [0.2, 0.25) is 11.5 Å². The minimum Gasteiger partial charge on any atom is -0.502 e. The zero-order valence-electron chi connectivity index (χ0n) is 11.3. The molecule has 5 nitrogen and oxygen atoms in total. The van der Waals surface area contributed by atoms with E-state index in [4.69, 9.17) is 5.11 Å². The van der Waals surface area contributed by atoms with Gasteiger partial charge in [-0.2, -0.15) is 18.3 Å². The summed E-state index contributed by atoms with van der Waals surface area (Å²) < 4.78 is 41.8. The molecule has 1 N–H and O–H groups in total. The van der Waals surface area contributed by atoms with E-state index < -0.39 is 23.6 Å². The molecule has 1 rings (SSSR count). The summed E-state index contributed by atoms with van der Waals surface area (Å²) in [5.41, 5.74) is -0.231. The molecular formula is C13H13F3N2O3. The highest BCUT2D eigenvalue weighted by atomic mass is 19.4. The molecule has 0 fully saturated rings. The lowest BCUT2D eigenvalue weighted by Crippen LogP contribution is -2.18. The molecule has 0 amide bonds. The number of benzene rings is 1. The summed E-state index contributed by atoms with van der Waals surface area (Å²) in [7, 11) is 0. The van der Waals surface area contributed by atoms with E-state index in [1.54, 1.807) is 25.1 Å². The fraction of sp³-hybridized carbons (Fsp3) is 0.308. The van der Waals surface area contributed by atoms with Crippen molar-refractivity contribution in [3.8, 4) is 0 Å². The quantitative estimate of drug-likeness (QED) is 0.396. The van der Waals surface area contributed by atoms with E-state index in [-0.39, 0.29) is 12.3 Å². The minimum absolute atomic E-state index is 0.159. The molecule has 0 radical (unpaired) electrons. The fourth-order valence-corrected chi connectivity index (χ4v) is 1.32. The molecule has 0 aromatic heterocycles. The summed E-state index contributed by atoms with van der Waals surface area (Å²) in [5, 5.41) is 15.8. The molecule has 8 heteroatoms. The van der Waals surface area contributed by atoms with Crippen LogP contribution in [0.5, 0.6) is 0 Å². The second kappa shape index (κ2) is 6.87. The Hall–Kier alpha value is -2.38. The summed E-state index contributed by atoms with van der Waals surface area (Å²) in [6.45, 7) is 3.01. The molecule has 0 spiro atoms. The number of azo groups is 1. The number of rotatable bonds is 4. The minimum atomic E-state index is -5.12. The predicted octanol–water partition coefficient (Wildman–Crippen LogP) is 3.97. The maximum absolute atomic E-state index is 12.5. The summed E-state index contributed by atoms with van der Waals surface area (Å²) in [6, 6.07) is 6.43. The van der Waals surface area contributed by atoms with Crippen LogP contribution in [0, 0.1) is 6.92 Å². The number of allylic oxidation sites excluding steroid dienone is 1. The molecule has 0 heterocycles. The number of carbonyl (C=O) groups excluding carboxylic acids is 1. The predicted molar refractivity (Wildman–Crippen MR) is 68.0 cm³/mol. The largest absolute Gasteiger partial charge is 0.502 e. The van der Waals surface area contributed by atoms with Crippen LogP contribution in [-0.4, -0.2) is 23.9 Å². The number of aliphatic hydroxyl groups is 1. The van der Waals surface area contributed by atoms with Gasteiger partial charge in [-0.15, -0.1) is 5.11 Å². The standard InChI is InChI=1S/C13H13F3N2O3/c1-3-21-12(20)10(11(19)13(14,15)16)18-17-9-6-4-5-8(2)7-9/h4-7,19H,3H2,1-2H3/b11-10+,18-17?. The van der Waals surface area contributed by atoms with E-state index in [1.165, 1.54) is 13.0 Å². The van der Waals surface area contributed by atoms with Gasteiger partial charge in [-0.1, -0.05) is 12.1 Å². The van der Waals surface area contributed by atoms with Crippen molar-refractivity contribution in [2.45, 2.75) is 20.0 Å². The van der Waals surface area contributed by atoms with E-state index in [9.17, 15) is 18.0 Å². The van der Waals surface area contributed by atoms with E-state index in [2.05, 4.69) is 15.0 Å². The highest BCUT2D eigenvalue weighted by Crippen LogP contribution is 2.28. The van der Waals surface area contributed by atoms with E-state index in [0.29, 0.717) is 0 Å². The molecule has 1 aromatic carbocycles. The van der Waals surface area contributed by atoms with Gasteiger partial charge in [0.25, 0.3) is 0 Å². The molecular weight excluding hydrogens is 289 g/mol. The SMILES string of the molecule is CCOC(=O)/C(N=Nc1cccc(C)c1)=C(\O)C(F)(F)F. The van der Waals surface area contributed by atoms with Gasteiger partial charge in [-0.25, -0.2) is 4.79 Å². The molecule has 0 saturated carbocycles. The summed E-state index contributed by atoms with van der Waals surface area (Å²) >= 11 is 0. The third-order valence-electron chi connectivity index (χ3n) is 2.23. The van der Waals surface area contributed by atoms with E-state index >= 15 is 0 Å². The number of ether oxygens (including phenoxy) is 1. The molecule has 0 aliphatic rings. The first-order valence-corrected chi connectivity index (χ1v) is 5.91. The van der Waals surface area contributed by atoms with Crippen LogP contribution in [0.15, 0.2) is 46.0 Å². The number of hydrogen-bond acceptors (Lipinski definition) is 5. The third-order valence-corrected chi connectivity index (χ3v) is 2.23. The number of carbonyl (C=O) groups is 1. The maximum atomic E-state index is 12.5. The Morgan fingerprint density at radius 3 is 2.57 bits per heavy atom. The fourth-order valence-electron chi connectivity index (χ4n) is 1.32. The molecule has 0 aliphatic carbocycles. The Kier molecular flexibility index (Phi) is 5.45. The van der Waals surface area contributed by atoms with Crippen LogP contribution >= 0.6 is 0 Å². The summed E-state index contributed by atoms with van der Waals surface area (Å²) in [6.07, 6.45) is -5.12. The Balaban J connectivity index is 3.18. The first-order chi connectivity index (χ1) is 9.75. The molecule has 0 atom stereocenters. The van der Waals surface area contributed by atoms with Crippen LogP contribution in [0.2, 0.25) is 0 Å². The lowest BCUT2D eigenvalue weighted by molar-refractivity contribution is -0.143. The van der Waals surface area contributed by atoms with Crippen molar-refractivity contribution in [2.75, 3.05) is 6.61 Å². The van der Waals surface area contributed by atoms with Crippen LogP contribution in [0.25, 0.3) is 0 Å². The number of nitrogens with zero attached hydrogens (tertiary/aromatic N) is 2. The Labute approximate surface area is 118 Å². The topological polar surface area (TPSA) is 71.2 Å². The summed E-state index contributed by atoms with van der Waals surface area (Å²) in [4.78, 5) is 11.4. The van der Waals surface area contributed by atoms with Gasteiger partial charge in [-0.05, 0) is 31.5 Å². The normalized spacial score (nSPS) is 13.2. The van der Waals surface area contributed by atoms with E-state index in [0.717, 1.165) is 5.56 Å². The van der Waals surface area contributed by atoms with Crippen molar-refractivity contribution < 1.29 is 27.8 Å². The second-order valence-corrected chi connectivity index (χ2v) is 3.95. The highest BCUT2D eigenvalue weighted by Gasteiger charge is 2.39. The van der Waals surface area contributed by atoms with Crippen molar-refractivity contribution in [1.29, 1.82) is 0 Å². The van der Waals surface area contributed by atoms with Crippen molar-refractivity contribution in [3.05, 3.63) is 41.3 Å². The molecule has 0 bridgehead atoms. The number of aryl methyl sites for hydroxylation is 1. The molecule has 0 unspecified atom stereocenters. The number of hydrogen-bond donors (Lipinski definition) is 1. The van der Waals surface area contributed by atoms with Crippen molar-refractivity contribution in [3.63, 3.8) is 0 Å². The zero-order valence-corrected chi connectivity index (χ0v) is 11.3. The van der Waals surface area contributed by atoms with E-state index in [1.807, 2.05) is 0 Å². The monoisotopic (exact) mass is 302 g/mol. The number of alkyl halides is 3. The van der Waals surface area contributed by atoms with Crippen LogP contribution in [0.3, 0.4) is 0 Å². The van der Waals surface area contributed by atoms with Gasteiger partial charge in [0.1, 0.15) is 0 Å². The van der Waals surface area contributed by atoms with Gasteiger partial charge >= 0.3 is 12.1 Å². The van der Waals surface area contributed by atoms with Crippen molar-refractivity contribution in [2.24, 2.45) is 10.2 Å². The molecule has 1 aromatic rings. The number of halogens is 3. The highest BCUT2D eigenvalue weighted by molar-refractivity contribution is 5.88. The Morgan fingerprint density at radius 1 is 1.38 bits per heavy atom. The maximum Gasteiger partial charge on any atom is 0.451 e. The lowest BCUT2D eigenvalue weighted by atomic mass is 10.2. The van der Waals surface area contributed by atoms with Crippen LogP contribution in [0.1, 0.15) is 12.5 Å². The molecule has 0 saturated heterocycles. The first kappa shape index (κ1) is 16.7. The van der Waals surface area contributed by atoms with Gasteiger partial charge < -0.3 is 9.84 Å². The molecule has 21 heavy (non-hydrogen) atoms. The lowest BCUT2D eigenvalue weighted by Gasteiger charge is -2.08. The number of esters is 1. The molecule has 0 aliphatic heterocycles. The first-order valence-electron chi connectivity index (χ1n) is 5.91. The van der Waals surface area contributed by atoms with Gasteiger partial charge in [0.05, 0.1) is 12.3 Å². The average Bonchev–Trinajstić information content (AvgIpc) is 2.38. The average molecular weight is 302 g/mol. The third kappa shape index (κ3) is 4.90. The molecule has 114 valence electrons. The van der Waals surface area contributed by atoms with Crippen molar-refractivity contribution in [1.82, 2.24) is 0 Å². The zero-order chi connectivity index (χ0) is 16.0. The van der Waals surface area contributed by atoms with Crippen molar-refractivity contribution >= 4 is 11.7 Å². The van der Waals surface area contributed by atoms with Gasteiger partial charge in [-0.3, -0.25) is 0 Å². The second-order valence-electron chi connectivity index (χ2n) is 3.95. The Bertz CT molecular complexity index is 580. The Morgan fingerprint density at radius 2 is 2.05 bits per heavy atom.